The van der Waals surface area contributed by atoms with Crippen LogP contribution in [0.15, 0.2) is 10.5 Å². The Balaban J connectivity index is 1.52. The molecule has 1 fully saturated rings. The molecule has 5 nitrogen and oxygen atoms in total. The maximum atomic E-state index is 12.3. The second-order valence-electron chi connectivity index (χ2n) is 8.14. The molecule has 1 aliphatic carbocycles. The fourth-order valence-corrected chi connectivity index (χ4v) is 4.03. The van der Waals surface area contributed by atoms with Gasteiger partial charge < -0.3 is 20.0 Å². The van der Waals surface area contributed by atoms with Crippen LogP contribution >= 0.6 is 0 Å². The fraction of sp³-hybridized carbons (Fsp3) is 0.737. The van der Waals surface area contributed by atoms with E-state index >= 15 is 0 Å². The van der Waals surface area contributed by atoms with Crippen LogP contribution in [0.2, 0.25) is 0 Å². The summed E-state index contributed by atoms with van der Waals surface area (Å²) in [7, 11) is 0. The SMILES string of the molecule is Cc1cc2c(o1)CC(C)(C)CC2NC(=O)NCCN1CCCCC1. The van der Waals surface area contributed by atoms with Crippen molar-refractivity contribution < 1.29 is 9.21 Å². The summed E-state index contributed by atoms with van der Waals surface area (Å²) in [5.74, 6) is 1.96. The maximum absolute atomic E-state index is 12.3. The first-order valence-corrected chi connectivity index (χ1v) is 9.29. The lowest BCUT2D eigenvalue weighted by Crippen LogP contribution is -2.44. The van der Waals surface area contributed by atoms with Gasteiger partial charge in [-0.15, -0.1) is 0 Å². The van der Waals surface area contributed by atoms with Gasteiger partial charge in [-0.3, -0.25) is 0 Å². The lowest BCUT2D eigenvalue weighted by molar-refractivity contribution is 0.207. The Morgan fingerprint density at radius 3 is 2.83 bits per heavy atom. The van der Waals surface area contributed by atoms with Crippen molar-refractivity contribution in [3.63, 3.8) is 0 Å². The number of hydrogen-bond donors (Lipinski definition) is 2. The highest BCUT2D eigenvalue weighted by atomic mass is 16.3. The summed E-state index contributed by atoms with van der Waals surface area (Å²) in [4.78, 5) is 14.7. The van der Waals surface area contributed by atoms with Crippen LogP contribution in [0.1, 0.15) is 62.7 Å². The minimum atomic E-state index is -0.0699. The smallest absolute Gasteiger partial charge is 0.315 e. The first-order chi connectivity index (χ1) is 11.4. The normalized spacial score (nSPS) is 23.5. The van der Waals surface area contributed by atoms with E-state index in [4.69, 9.17) is 4.42 Å². The molecule has 5 heteroatoms. The van der Waals surface area contributed by atoms with Gasteiger partial charge in [0.25, 0.3) is 0 Å². The zero-order chi connectivity index (χ0) is 17.2. The summed E-state index contributed by atoms with van der Waals surface area (Å²) < 4.78 is 5.84. The summed E-state index contributed by atoms with van der Waals surface area (Å²) >= 11 is 0. The third-order valence-electron chi connectivity index (χ3n) is 5.20. The van der Waals surface area contributed by atoms with Crippen molar-refractivity contribution >= 4 is 6.03 Å². The molecular weight excluding hydrogens is 302 g/mol. The van der Waals surface area contributed by atoms with E-state index in [-0.39, 0.29) is 17.5 Å². The standard InChI is InChI=1S/C19H31N3O2/c1-14-11-15-16(12-19(2,3)13-17(15)24-14)21-18(23)20-7-10-22-8-5-4-6-9-22/h11,16H,4-10,12-13H2,1-3H3,(H2,20,21,23). The van der Waals surface area contributed by atoms with Gasteiger partial charge in [-0.25, -0.2) is 4.79 Å². The molecule has 1 aliphatic heterocycles. The van der Waals surface area contributed by atoms with Crippen LogP contribution in [0, 0.1) is 12.3 Å². The number of aryl methyl sites for hydroxylation is 1. The molecule has 1 aromatic heterocycles. The van der Waals surface area contributed by atoms with Crippen LogP contribution in [0.3, 0.4) is 0 Å². The highest BCUT2D eigenvalue weighted by Crippen LogP contribution is 2.41. The van der Waals surface area contributed by atoms with Gasteiger partial charge in [0.1, 0.15) is 11.5 Å². The Kier molecular flexibility index (Phi) is 5.18. The lowest BCUT2D eigenvalue weighted by atomic mass is 9.75. The molecule has 2 heterocycles. The zero-order valence-corrected chi connectivity index (χ0v) is 15.3. The van der Waals surface area contributed by atoms with E-state index in [0.29, 0.717) is 6.54 Å². The minimum absolute atomic E-state index is 0.0381. The predicted molar refractivity (Wildman–Crippen MR) is 95.1 cm³/mol. The fourth-order valence-electron chi connectivity index (χ4n) is 4.03. The number of rotatable bonds is 4. The van der Waals surface area contributed by atoms with Gasteiger partial charge >= 0.3 is 6.03 Å². The molecule has 0 spiro atoms. The Bertz CT molecular complexity index is 573. The van der Waals surface area contributed by atoms with Crippen LogP contribution in [0.4, 0.5) is 4.79 Å². The first-order valence-electron chi connectivity index (χ1n) is 9.29. The van der Waals surface area contributed by atoms with Crippen molar-refractivity contribution in [2.75, 3.05) is 26.2 Å². The average Bonchev–Trinajstić information content (AvgIpc) is 2.87. The maximum Gasteiger partial charge on any atom is 0.315 e. The third kappa shape index (κ3) is 4.32. The summed E-state index contributed by atoms with van der Waals surface area (Å²) in [6.45, 7) is 10.4. The van der Waals surface area contributed by atoms with Crippen LogP contribution in [-0.2, 0) is 6.42 Å². The molecule has 1 unspecified atom stereocenters. The topological polar surface area (TPSA) is 57.5 Å². The van der Waals surface area contributed by atoms with Crippen molar-refractivity contribution in [2.24, 2.45) is 5.41 Å². The number of carbonyl (C=O) groups excluding carboxylic acids is 1. The van der Waals surface area contributed by atoms with Crippen LogP contribution in [-0.4, -0.2) is 37.1 Å². The van der Waals surface area contributed by atoms with Crippen LogP contribution in [0.25, 0.3) is 0 Å². The number of amides is 2. The zero-order valence-electron chi connectivity index (χ0n) is 15.3. The number of nitrogens with zero attached hydrogens (tertiary/aromatic N) is 1. The van der Waals surface area contributed by atoms with Crippen molar-refractivity contribution in [1.29, 1.82) is 0 Å². The second kappa shape index (κ2) is 7.18. The van der Waals surface area contributed by atoms with E-state index in [1.54, 1.807) is 0 Å². The first kappa shape index (κ1) is 17.3. The molecule has 0 bridgehead atoms. The number of piperidine rings is 1. The van der Waals surface area contributed by atoms with E-state index in [9.17, 15) is 4.79 Å². The third-order valence-corrected chi connectivity index (χ3v) is 5.20. The molecule has 0 saturated carbocycles. The van der Waals surface area contributed by atoms with Crippen LogP contribution < -0.4 is 10.6 Å². The number of urea groups is 1. The number of fused-ring (bicyclic) bond motifs is 1. The lowest BCUT2D eigenvalue weighted by Gasteiger charge is -2.34. The molecule has 24 heavy (non-hydrogen) atoms. The Morgan fingerprint density at radius 2 is 2.08 bits per heavy atom. The van der Waals surface area contributed by atoms with Crippen molar-refractivity contribution in [1.82, 2.24) is 15.5 Å². The molecule has 1 atom stereocenters. The molecule has 2 aliphatic rings. The van der Waals surface area contributed by atoms with Crippen molar-refractivity contribution in [3.8, 4) is 0 Å². The van der Waals surface area contributed by atoms with E-state index in [0.717, 1.165) is 49.6 Å². The van der Waals surface area contributed by atoms with Gasteiger partial charge in [0.05, 0.1) is 6.04 Å². The Morgan fingerprint density at radius 1 is 1.33 bits per heavy atom. The van der Waals surface area contributed by atoms with E-state index < -0.39 is 0 Å². The highest BCUT2D eigenvalue weighted by Gasteiger charge is 2.35. The van der Waals surface area contributed by atoms with Gasteiger partial charge in [0, 0.05) is 25.1 Å². The molecule has 0 aromatic carbocycles. The number of likely N-dealkylation sites (tertiary alicyclic amines) is 1. The number of nitrogens with one attached hydrogen (secondary N) is 2. The summed E-state index contributed by atoms with van der Waals surface area (Å²) in [5, 5.41) is 6.17. The predicted octanol–water partition coefficient (Wildman–Crippen LogP) is 3.39. The second-order valence-corrected chi connectivity index (χ2v) is 8.14. The van der Waals surface area contributed by atoms with E-state index in [2.05, 4.69) is 35.4 Å². The molecule has 0 radical (unpaired) electrons. The van der Waals surface area contributed by atoms with E-state index in [1.165, 1.54) is 19.3 Å². The largest absolute Gasteiger partial charge is 0.466 e. The Hall–Kier alpha value is -1.49. The van der Waals surface area contributed by atoms with E-state index in [1.807, 2.05) is 6.92 Å². The molecule has 3 rings (SSSR count). The van der Waals surface area contributed by atoms with Gasteiger partial charge in [-0.1, -0.05) is 20.3 Å². The summed E-state index contributed by atoms with van der Waals surface area (Å²) in [6, 6.07) is 2.04. The molecule has 2 amide bonds. The van der Waals surface area contributed by atoms with Gasteiger partial charge in [0.15, 0.2) is 0 Å². The van der Waals surface area contributed by atoms with Gasteiger partial charge in [-0.05, 0) is 50.8 Å². The van der Waals surface area contributed by atoms with Crippen molar-refractivity contribution in [3.05, 3.63) is 23.2 Å². The molecule has 134 valence electrons. The Labute approximate surface area is 145 Å². The molecule has 2 N–H and O–H groups in total. The summed E-state index contributed by atoms with van der Waals surface area (Å²) in [5.41, 5.74) is 1.29. The van der Waals surface area contributed by atoms with Crippen molar-refractivity contribution in [2.45, 2.75) is 58.9 Å². The minimum Gasteiger partial charge on any atom is -0.466 e. The highest BCUT2D eigenvalue weighted by molar-refractivity contribution is 5.74. The number of carbonyl (C=O) groups is 1. The van der Waals surface area contributed by atoms with Gasteiger partial charge in [-0.2, -0.15) is 0 Å². The average molecular weight is 333 g/mol. The van der Waals surface area contributed by atoms with Crippen LogP contribution in [0.5, 0.6) is 0 Å². The monoisotopic (exact) mass is 333 g/mol. The quantitative estimate of drug-likeness (QED) is 0.888. The number of furan rings is 1. The summed E-state index contributed by atoms with van der Waals surface area (Å²) in [6.07, 6.45) is 5.79. The van der Waals surface area contributed by atoms with Gasteiger partial charge in [0.2, 0.25) is 0 Å². The molecule has 1 aromatic rings. The molecular formula is C19H31N3O2. The number of hydrogen-bond acceptors (Lipinski definition) is 3. The molecule has 1 saturated heterocycles.